The van der Waals surface area contributed by atoms with Crippen LogP contribution in [0.3, 0.4) is 0 Å². The zero-order chi connectivity index (χ0) is 23.9. The maximum atomic E-state index is 12.3. The number of hydrogen-bond donors (Lipinski definition) is 1. The minimum absolute atomic E-state index is 0.154. The van der Waals surface area contributed by atoms with Crippen molar-refractivity contribution in [2.45, 2.75) is 88.6 Å². The maximum Gasteiger partial charge on any atom is 0.305 e. The number of rotatable bonds is 15. The van der Waals surface area contributed by atoms with Crippen LogP contribution in [-0.4, -0.2) is 34.6 Å². The third-order valence-electron chi connectivity index (χ3n) is 6.58. The third-order valence-corrected chi connectivity index (χ3v) is 8.03. The summed E-state index contributed by atoms with van der Waals surface area (Å²) in [5, 5.41) is 10.4. The number of carbonyl (C=O) groups excluding carboxylic acids is 1. The molecule has 5 heteroatoms. The lowest BCUT2D eigenvalue weighted by Crippen LogP contribution is -2.18. The van der Waals surface area contributed by atoms with Gasteiger partial charge in [0, 0.05) is 6.42 Å². The van der Waals surface area contributed by atoms with Gasteiger partial charge in [-0.3, -0.25) is 4.79 Å². The molecule has 0 aromatic heterocycles. The zero-order valence-corrected chi connectivity index (χ0v) is 21.2. The first-order chi connectivity index (χ1) is 16.0. The minimum Gasteiger partial charge on any atom is -0.611 e. The molecule has 1 aromatic rings. The third kappa shape index (κ3) is 10.9. The lowest BCUT2D eigenvalue weighted by molar-refractivity contribution is -0.140. The van der Waals surface area contributed by atoms with E-state index in [1.165, 1.54) is 12.7 Å². The van der Waals surface area contributed by atoms with Crippen LogP contribution >= 0.6 is 0 Å². The number of unbranched alkanes of at least 4 members (excludes halogenated alkanes) is 4. The first kappa shape index (κ1) is 27.7. The molecule has 1 N–H and O–H groups in total. The molecule has 0 heterocycles. The highest BCUT2D eigenvalue weighted by Crippen LogP contribution is 2.37. The summed E-state index contributed by atoms with van der Waals surface area (Å²) in [6, 6.07) is 8.00. The van der Waals surface area contributed by atoms with Gasteiger partial charge in [0.1, 0.15) is 5.75 Å². The smallest absolute Gasteiger partial charge is 0.305 e. The Morgan fingerprint density at radius 3 is 2.45 bits per heavy atom. The summed E-state index contributed by atoms with van der Waals surface area (Å²) in [5.41, 5.74) is 1.20. The number of benzene rings is 1. The van der Waals surface area contributed by atoms with Crippen molar-refractivity contribution in [2.24, 2.45) is 11.8 Å². The predicted molar refractivity (Wildman–Crippen MR) is 137 cm³/mol. The summed E-state index contributed by atoms with van der Waals surface area (Å²) in [6.07, 6.45) is 19.1. The van der Waals surface area contributed by atoms with E-state index in [2.05, 4.69) is 29.0 Å². The van der Waals surface area contributed by atoms with Gasteiger partial charge in [-0.1, -0.05) is 42.0 Å². The normalized spacial score (nSPS) is 21.8. The number of aliphatic hydroxyl groups is 1. The summed E-state index contributed by atoms with van der Waals surface area (Å²) in [4.78, 5) is 12.1. The van der Waals surface area contributed by atoms with Crippen LogP contribution in [0.1, 0.15) is 76.2 Å². The molecule has 2 rings (SSSR count). The van der Waals surface area contributed by atoms with Crippen molar-refractivity contribution in [1.82, 2.24) is 0 Å². The second-order valence-corrected chi connectivity index (χ2v) is 10.7. The van der Waals surface area contributed by atoms with Gasteiger partial charge in [-0.2, -0.15) is 0 Å². The van der Waals surface area contributed by atoms with Crippen LogP contribution in [0.2, 0.25) is 0 Å². The molecule has 1 saturated carbocycles. The number of ether oxygens (including phenoxy) is 1. The Kier molecular flexibility index (Phi) is 13.5. The number of methoxy groups -OCH3 is 1. The fourth-order valence-electron chi connectivity index (χ4n) is 4.48. The van der Waals surface area contributed by atoms with E-state index in [1.807, 2.05) is 31.2 Å². The standard InChI is InChI=1S/C28H42O4S/c1-23-16-19-25(20-17-23)33(31)22-12-8-4-3-5-9-13-24-18-21-27(29)26(24)14-10-6-7-11-15-28(30)32-2/h5-6,9-10,16-17,19-20,24,26-27,29H,3-4,7-8,11-15,18,21-22H2,1-2H3/b9-5+,10-6-/t24-,26+,27+,33?/m0/s1. The average molecular weight is 475 g/mol. The van der Waals surface area contributed by atoms with Crippen molar-refractivity contribution in [1.29, 1.82) is 0 Å². The van der Waals surface area contributed by atoms with Crippen LogP contribution < -0.4 is 0 Å². The SMILES string of the molecule is COC(=O)CCC/C=C\C[C@@H]1[C@@H](C/C=C/CCCCC[S+]([O-])c2ccc(C)cc2)CC[C@H]1O. The van der Waals surface area contributed by atoms with E-state index in [-0.39, 0.29) is 12.1 Å². The Morgan fingerprint density at radius 1 is 1.03 bits per heavy atom. The van der Waals surface area contributed by atoms with E-state index in [0.717, 1.165) is 74.9 Å². The molecular weight excluding hydrogens is 432 g/mol. The topological polar surface area (TPSA) is 69.6 Å². The van der Waals surface area contributed by atoms with Crippen LogP contribution in [0.25, 0.3) is 0 Å². The molecule has 1 aliphatic carbocycles. The van der Waals surface area contributed by atoms with E-state index in [0.29, 0.717) is 18.3 Å². The van der Waals surface area contributed by atoms with Crippen molar-refractivity contribution >= 4 is 17.1 Å². The van der Waals surface area contributed by atoms with Crippen molar-refractivity contribution < 1.29 is 19.2 Å². The van der Waals surface area contributed by atoms with Gasteiger partial charge in [0.05, 0.1) is 13.2 Å². The first-order valence-corrected chi connectivity index (χ1v) is 13.8. The van der Waals surface area contributed by atoms with Gasteiger partial charge >= 0.3 is 5.97 Å². The molecule has 0 amide bonds. The number of carbonyl (C=O) groups is 1. The zero-order valence-electron chi connectivity index (χ0n) is 20.4. The van der Waals surface area contributed by atoms with Crippen LogP contribution in [-0.2, 0) is 20.7 Å². The lowest BCUT2D eigenvalue weighted by Gasteiger charge is -2.19. The van der Waals surface area contributed by atoms with Gasteiger partial charge in [0.15, 0.2) is 4.90 Å². The molecule has 4 atom stereocenters. The number of hydrogen-bond acceptors (Lipinski definition) is 4. The Morgan fingerprint density at radius 2 is 1.73 bits per heavy atom. The predicted octanol–water partition coefficient (Wildman–Crippen LogP) is 6.29. The monoisotopic (exact) mass is 474 g/mol. The largest absolute Gasteiger partial charge is 0.611 e. The number of aliphatic hydroxyl groups excluding tert-OH is 1. The van der Waals surface area contributed by atoms with Crippen LogP contribution in [0.5, 0.6) is 0 Å². The van der Waals surface area contributed by atoms with Gasteiger partial charge in [0.25, 0.3) is 0 Å². The number of esters is 1. The van der Waals surface area contributed by atoms with Crippen molar-refractivity contribution in [3.63, 3.8) is 0 Å². The van der Waals surface area contributed by atoms with Gasteiger partial charge in [-0.15, -0.1) is 0 Å². The van der Waals surface area contributed by atoms with Gasteiger partial charge in [-0.25, -0.2) is 0 Å². The molecule has 0 spiro atoms. The van der Waals surface area contributed by atoms with Gasteiger partial charge in [0.2, 0.25) is 0 Å². The van der Waals surface area contributed by atoms with Crippen molar-refractivity contribution in [2.75, 3.05) is 12.9 Å². The summed E-state index contributed by atoms with van der Waals surface area (Å²) in [6.45, 7) is 2.05. The molecule has 1 fully saturated rings. The van der Waals surface area contributed by atoms with Gasteiger partial charge < -0.3 is 14.4 Å². The molecule has 0 bridgehead atoms. The van der Waals surface area contributed by atoms with E-state index in [1.54, 1.807) is 0 Å². The molecule has 1 unspecified atom stereocenters. The molecule has 1 aromatic carbocycles. The highest BCUT2D eigenvalue weighted by atomic mass is 32.2. The quantitative estimate of drug-likeness (QED) is 0.140. The molecule has 4 nitrogen and oxygen atoms in total. The molecule has 184 valence electrons. The second-order valence-electron chi connectivity index (χ2n) is 9.16. The Balaban J connectivity index is 1.56. The van der Waals surface area contributed by atoms with E-state index < -0.39 is 11.2 Å². The average Bonchev–Trinajstić information content (AvgIpc) is 3.17. The fraction of sp³-hybridized carbons (Fsp3) is 0.607. The molecular formula is C28H42O4S. The minimum atomic E-state index is -0.885. The molecule has 33 heavy (non-hydrogen) atoms. The highest BCUT2D eigenvalue weighted by Gasteiger charge is 2.32. The molecule has 0 saturated heterocycles. The summed E-state index contributed by atoms with van der Waals surface area (Å²) in [7, 11) is 1.42. The first-order valence-electron chi connectivity index (χ1n) is 12.5. The summed E-state index contributed by atoms with van der Waals surface area (Å²) >= 11 is -0.885. The van der Waals surface area contributed by atoms with Crippen molar-refractivity contribution in [3.05, 3.63) is 54.1 Å². The second kappa shape index (κ2) is 16.1. The number of allylic oxidation sites excluding steroid dienone is 4. The fourth-order valence-corrected chi connectivity index (χ4v) is 5.62. The Hall–Kier alpha value is -1.56. The van der Waals surface area contributed by atoms with Crippen LogP contribution in [0, 0.1) is 18.8 Å². The van der Waals surface area contributed by atoms with Crippen LogP contribution in [0.4, 0.5) is 0 Å². The van der Waals surface area contributed by atoms with Crippen LogP contribution in [0.15, 0.2) is 53.5 Å². The molecule has 0 radical (unpaired) electrons. The van der Waals surface area contributed by atoms with E-state index in [4.69, 9.17) is 0 Å². The Bertz CT molecular complexity index is 728. The lowest BCUT2D eigenvalue weighted by atomic mass is 9.88. The molecule has 0 aliphatic heterocycles. The number of aryl methyl sites for hydroxylation is 1. The Labute approximate surface area is 203 Å². The maximum absolute atomic E-state index is 12.3. The summed E-state index contributed by atoms with van der Waals surface area (Å²) < 4.78 is 17.0. The molecule has 1 aliphatic rings. The van der Waals surface area contributed by atoms with E-state index >= 15 is 0 Å². The van der Waals surface area contributed by atoms with E-state index in [9.17, 15) is 14.5 Å². The summed E-state index contributed by atoms with van der Waals surface area (Å²) in [5.74, 6) is 1.47. The van der Waals surface area contributed by atoms with Gasteiger partial charge in [-0.05, 0) is 106 Å². The van der Waals surface area contributed by atoms with Crippen molar-refractivity contribution in [3.8, 4) is 0 Å². The highest BCUT2D eigenvalue weighted by molar-refractivity contribution is 7.91.